The van der Waals surface area contributed by atoms with Crippen molar-refractivity contribution in [3.63, 3.8) is 0 Å². The van der Waals surface area contributed by atoms with Gasteiger partial charge in [0.25, 0.3) is 0 Å². The largest absolute Gasteiger partial charge is 0.486 e. The number of nitrogens with zero attached hydrogens (tertiary/aromatic N) is 1. The summed E-state index contributed by atoms with van der Waals surface area (Å²) in [5.41, 5.74) is 5.56. The summed E-state index contributed by atoms with van der Waals surface area (Å²) in [4.78, 5) is 14.5. The van der Waals surface area contributed by atoms with Crippen LogP contribution in [0.15, 0.2) is 40.9 Å². The number of hydrogen-bond donors (Lipinski definition) is 0. The first-order valence-corrected chi connectivity index (χ1v) is 12.3. The molecule has 5 rings (SSSR count). The lowest BCUT2D eigenvalue weighted by atomic mass is 9.85. The summed E-state index contributed by atoms with van der Waals surface area (Å²) < 4.78 is 7.62. The summed E-state index contributed by atoms with van der Waals surface area (Å²) in [7, 11) is 0. The summed E-state index contributed by atoms with van der Waals surface area (Å²) >= 11 is 3.71. The number of amides is 1. The van der Waals surface area contributed by atoms with Crippen molar-refractivity contribution >= 4 is 21.8 Å². The van der Waals surface area contributed by atoms with Gasteiger partial charge < -0.3 is 9.64 Å². The van der Waals surface area contributed by atoms with Gasteiger partial charge in [-0.2, -0.15) is 0 Å². The van der Waals surface area contributed by atoms with Gasteiger partial charge in [-0.05, 0) is 85.8 Å². The highest BCUT2D eigenvalue weighted by molar-refractivity contribution is 9.10. The van der Waals surface area contributed by atoms with E-state index in [1.165, 1.54) is 22.3 Å². The molecule has 1 unspecified atom stereocenters. The molecule has 3 nitrogen and oxygen atoms in total. The maximum atomic E-state index is 12.4. The lowest BCUT2D eigenvalue weighted by Gasteiger charge is -2.33. The number of benzene rings is 2. The predicted molar refractivity (Wildman–Crippen MR) is 123 cm³/mol. The molecular weight excluding hydrogens is 438 g/mol. The van der Waals surface area contributed by atoms with Crippen LogP contribution in [0, 0.1) is 5.92 Å². The quantitative estimate of drug-likeness (QED) is 0.524. The Balaban J connectivity index is 1.28. The van der Waals surface area contributed by atoms with Crippen LogP contribution in [0.4, 0.5) is 0 Å². The second kappa shape index (κ2) is 8.37. The van der Waals surface area contributed by atoms with Gasteiger partial charge in [0.1, 0.15) is 11.9 Å². The molecule has 1 amide bonds. The van der Waals surface area contributed by atoms with Crippen molar-refractivity contribution in [2.75, 3.05) is 13.1 Å². The number of aryl methyl sites for hydroxylation is 2. The lowest BCUT2D eigenvalue weighted by Crippen LogP contribution is -2.38. The topological polar surface area (TPSA) is 29.5 Å². The molecule has 2 aromatic rings. The number of fused-ring (bicyclic) bond motifs is 1. The van der Waals surface area contributed by atoms with Gasteiger partial charge in [0, 0.05) is 29.0 Å². The van der Waals surface area contributed by atoms with Crippen LogP contribution >= 0.6 is 15.9 Å². The minimum Gasteiger partial charge on any atom is -0.486 e. The van der Waals surface area contributed by atoms with Crippen LogP contribution in [-0.4, -0.2) is 23.9 Å². The highest BCUT2D eigenvalue weighted by Crippen LogP contribution is 2.41. The molecule has 1 atom stereocenters. The van der Waals surface area contributed by atoms with Gasteiger partial charge in [-0.25, -0.2) is 0 Å². The number of rotatable bonds is 5. The van der Waals surface area contributed by atoms with Crippen LogP contribution < -0.4 is 4.74 Å². The second-order valence-corrected chi connectivity index (χ2v) is 9.90. The molecule has 2 aliphatic carbocycles. The van der Waals surface area contributed by atoms with Gasteiger partial charge in [-0.1, -0.05) is 41.1 Å². The molecule has 0 N–H and O–H groups in total. The highest BCUT2D eigenvalue weighted by Gasteiger charge is 2.35. The van der Waals surface area contributed by atoms with E-state index >= 15 is 0 Å². The van der Waals surface area contributed by atoms with E-state index in [1.54, 1.807) is 0 Å². The van der Waals surface area contributed by atoms with Crippen molar-refractivity contribution in [2.45, 2.75) is 63.9 Å². The molecule has 30 heavy (non-hydrogen) atoms. The van der Waals surface area contributed by atoms with E-state index in [2.05, 4.69) is 64.2 Å². The first-order valence-electron chi connectivity index (χ1n) is 11.5. The molecular formula is C26H30BrNO2. The Kier molecular flexibility index (Phi) is 5.61. The standard InChI is InChI=1S/C26H30BrNO2/c1-2-17-16-21(30-24-11-8-19-4-3-5-23(27)25(19)24)9-10-22(17)18-12-14-28(15-13-18)26(29)20-6-7-20/h3-5,9-10,16,18,20,24H,2,6-8,11-15H2,1H3. The number of carbonyl (C=O) groups is 1. The molecule has 1 saturated heterocycles. The Morgan fingerprint density at radius 1 is 1.10 bits per heavy atom. The number of ether oxygens (including phenoxy) is 1. The fourth-order valence-electron chi connectivity index (χ4n) is 5.23. The Labute approximate surface area is 187 Å². The summed E-state index contributed by atoms with van der Waals surface area (Å²) in [5.74, 6) is 2.27. The first-order chi connectivity index (χ1) is 14.6. The number of carbonyl (C=O) groups excluding carboxylic acids is 1. The van der Waals surface area contributed by atoms with Crippen LogP contribution in [0.1, 0.15) is 73.3 Å². The predicted octanol–water partition coefficient (Wildman–Crippen LogP) is 6.19. The molecule has 1 saturated carbocycles. The van der Waals surface area contributed by atoms with Gasteiger partial charge in [-0.15, -0.1) is 0 Å². The van der Waals surface area contributed by atoms with E-state index < -0.39 is 0 Å². The molecule has 4 heteroatoms. The van der Waals surface area contributed by atoms with E-state index in [-0.39, 0.29) is 6.10 Å². The number of piperidine rings is 1. The van der Waals surface area contributed by atoms with Gasteiger partial charge in [-0.3, -0.25) is 4.79 Å². The molecule has 0 spiro atoms. The summed E-state index contributed by atoms with van der Waals surface area (Å²) in [6.45, 7) is 4.05. The van der Waals surface area contributed by atoms with E-state index in [9.17, 15) is 4.79 Å². The Morgan fingerprint density at radius 2 is 1.90 bits per heavy atom. The summed E-state index contributed by atoms with van der Waals surface area (Å²) in [6.07, 6.45) is 7.61. The zero-order chi connectivity index (χ0) is 20.7. The van der Waals surface area contributed by atoms with Crippen LogP contribution in [0.3, 0.4) is 0 Å². The van der Waals surface area contributed by atoms with Crippen LogP contribution in [-0.2, 0) is 17.6 Å². The molecule has 2 fully saturated rings. The summed E-state index contributed by atoms with van der Waals surface area (Å²) in [6, 6.07) is 13.1. The average molecular weight is 468 g/mol. The Morgan fingerprint density at radius 3 is 2.63 bits per heavy atom. The SMILES string of the molecule is CCc1cc(OC2CCc3cccc(Br)c32)ccc1C1CCN(C(=O)C2CC2)CC1. The highest BCUT2D eigenvalue weighted by atomic mass is 79.9. The normalized spacial score (nSPS) is 21.5. The minimum atomic E-state index is 0.128. The fraction of sp³-hybridized carbons (Fsp3) is 0.500. The third-order valence-electron chi connectivity index (χ3n) is 7.09. The zero-order valence-corrected chi connectivity index (χ0v) is 19.3. The van der Waals surface area contributed by atoms with Crippen molar-refractivity contribution < 1.29 is 9.53 Å². The molecule has 2 aromatic carbocycles. The van der Waals surface area contributed by atoms with Crippen molar-refractivity contribution in [1.29, 1.82) is 0 Å². The zero-order valence-electron chi connectivity index (χ0n) is 17.7. The molecule has 158 valence electrons. The van der Waals surface area contributed by atoms with Crippen molar-refractivity contribution in [2.24, 2.45) is 5.92 Å². The van der Waals surface area contributed by atoms with Crippen LogP contribution in [0.2, 0.25) is 0 Å². The molecule has 0 bridgehead atoms. The maximum Gasteiger partial charge on any atom is 0.225 e. The van der Waals surface area contributed by atoms with Crippen LogP contribution in [0.25, 0.3) is 0 Å². The lowest BCUT2D eigenvalue weighted by molar-refractivity contribution is -0.133. The minimum absolute atomic E-state index is 0.128. The van der Waals surface area contributed by atoms with E-state index in [0.717, 1.165) is 68.3 Å². The van der Waals surface area contributed by atoms with Gasteiger partial charge in [0.15, 0.2) is 0 Å². The smallest absolute Gasteiger partial charge is 0.225 e. The average Bonchev–Trinajstić information content (AvgIpc) is 3.55. The number of hydrogen-bond acceptors (Lipinski definition) is 2. The van der Waals surface area contributed by atoms with Gasteiger partial charge >= 0.3 is 0 Å². The molecule has 3 aliphatic rings. The van der Waals surface area contributed by atoms with Crippen molar-refractivity contribution in [1.82, 2.24) is 4.90 Å². The van der Waals surface area contributed by atoms with Crippen LogP contribution in [0.5, 0.6) is 5.75 Å². The first kappa shape index (κ1) is 20.1. The number of halogens is 1. The monoisotopic (exact) mass is 467 g/mol. The fourth-order valence-corrected chi connectivity index (χ4v) is 5.90. The van der Waals surface area contributed by atoms with E-state index in [4.69, 9.17) is 4.74 Å². The molecule has 1 aliphatic heterocycles. The summed E-state index contributed by atoms with van der Waals surface area (Å²) in [5, 5.41) is 0. The van der Waals surface area contributed by atoms with Crippen molar-refractivity contribution in [3.05, 3.63) is 63.1 Å². The number of likely N-dealkylation sites (tertiary alicyclic amines) is 1. The van der Waals surface area contributed by atoms with Gasteiger partial charge in [0.05, 0.1) is 0 Å². The van der Waals surface area contributed by atoms with E-state index in [1.807, 2.05) is 0 Å². The molecule has 1 heterocycles. The molecule has 0 radical (unpaired) electrons. The Bertz CT molecular complexity index is 944. The second-order valence-electron chi connectivity index (χ2n) is 9.05. The van der Waals surface area contributed by atoms with E-state index in [0.29, 0.717) is 17.7 Å². The van der Waals surface area contributed by atoms with Gasteiger partial charge in [0.2, 0.25) is 5.91 Å². The van der Waals surface area contributed by atoms with Crippen molar-refractivity contribution in [3.8, 4) is 5.75 Å². The molecule has 0 aromatic heterocycles. The third-order valence-corrected chi connectivity index (χ3v) is 7.78. The maximum absolute atomic E-state index is 12.4. The third kappa shape index (κ3) is 3.91. The Hall–Kier alpha value is -1.81.